The van der Waals surface area contributed by atoms with Crippen LogP contribution in [0.5, 0.6) is 0 Å². The lowest BCUT2D eigenvalue weighted by atomic mass is 10.0. The predicted octanol–water partition coefficient (Wildman–Crippen LogP) is 4.21. The largest absolute Gasteiger partial charge is 0.388 e. The topological polar surface area (TPSA) is 20.2 Å². The third-order valence-electron chi connectivity index (χ3n) is 1.81. The predicted molar refractivity (Wildman–Crippen MR) is 66.2 cm³/mol. The number of benzene rings is 1. The Labute approximate surface area is 101 Å². The normalized spacial score (nSPS) is 12.6. The average Bonchev–Trinajstić information content (AvgIpc) is 2.00. The highest BCUT2D eigenvalue weighted by Crippen LogP contribution is 2.27. The summed E-state index contributed by atoms with van der Waals surface area (Å²) in [6.07, 6.45) is 0.129. The standard InChI is InChI=1S/C11H12Br2O/c1-7(2)3-11(14)8-4-9(12)6-10(13)5-8/h4-6,11,14H,1,3H2,2H3. The van der Waals surface area contributed by atoms with Gasteiger partial charge < -0.3 is 5.11 Å². The molecule has 1 atom stereocenters. The molecule has 0 aromatic heterocycles. The molecule has 0 fully saturated rings. The molecule has 3 heteroatoms. The zero-order valence-electron chi connectivity index (χ0n) is 7.93. The van der Waals surface area contributed by atoms with Gasteiger partial charge in [0.05, 0.1) is 6.10 Å². The first-order valence-electron chi connectivity index (χ1n) is 4.27. The van der Waals surface area contributed by atoms with Gasteiger partial charge >= 0.3 is 0 Å². The highest BCUT2D eigenvalue weighted by atomic mass is 79.9. The summed E-state index contributed by atoms with van der Waals surface area (Å²) >= 11 is 6.77. The summed E-state index contributed by atoms with van der Waals surface area (Å²) in [5, 5.41) is 9.84. The van der Waals surface area contributed by atoms with Gasteiger partial charge in [-0.1, -0.05) is 37.4 Å². The zero-order chi connectivity index (χ0) is 10.7. The number of rotatable bonds is 3. The van der Waals surface area contributed by atoms with Crippen LogP contribution in [0.15, 0.2) is 39.3 Å². The molecule has 1 N–H and O–H groups in total. The van der Waals surface area contributed by atoms with Crippen LogP contribution in [0.25, 0.3) is 0 Å². The minimum Gasteiger partial charge on any atom is -0.388 e. The van der Waals surface area contributed by atoms with Crippen molar-refractivity contribution in [2.45, 2.75) is 19.4 Å². The van der Waals surface area contributed by atoms with Gasteiger partial charge in [-0.05, 0) is 37.1 Å². The molecule has 0 bridgehead atoms. The van der Waals surface area contributed by atoms with Gasteiger partial charge in [0.25, 0.3) is 0 Å². The Morgan fingerprint density at radius 2 is 1.86 bits per heavy atom. The molecular formula is C11H12Br2O. The fraction of sp³-hybridized carbons (Fsp3) is 0.273. The summed E-state index contributed by atoms with van der Waals surface area (Å²) in [6, 6.07) is 5.77. The van der Waals surface area contributed by atoms with E-state index in [-0.39, 0.29) is 0 Å². The van der Waals surface area contributed by atoms with Crippen molar-refractivity contribution in [3.8, 4) is 0 Å². The van der Waals surface area contributed by atoms with Crippen molar-refractivity contribution in [1.29, 1.82) is 0 Å². The fourth-order valence-electron chi connectivity index (χ4n) is 1.22. The van der Waals surface area contributed by atoms with Crippen LogP contribution < -0.4 is 0 Å². The van der Waals surface area contributed by atoms with Gasteiger partial charge in [-0.15, -0.1) is 6.58 Å². The van der Waals surface area contributed by atoms with Gasteiger partial charge in [-0.25, -0.2) is 0 Å². The molecule has 0 saturated heterocycles. The number of aliphatic hydroxyl groups is 1. The first kappa shape index (κ1) is 12.0. The van der Waals surface area contributed by atoms with Gasteiger partial charge in [0.2, 0.25) is 0 Å². The Hall–Kier alpha value is -0.120. The Balaban J connectivity index is 2.89. The quantitative estimate of drug-likeness (QED) is 0.827. The van der Waals surface area contributed by atoms with Crippen LogP contribution in [0, 0.1) is 0 Å². The SMILES string of the molecule is C=C(C)CC(O)c1cc(Br)cc(Br)c1. The molecule has 1 aromatic carbocycles. The summed E-state index contributed by atoms with van der Waals surface area (Å²) in [5.41, 5.74) is 1.88. The second-order valence-electron chi connectivity index (χ2n) is 3.38. The average molecular weight is 320 g/mol. The van der Waals surface area contributed by atoms with Crippen molar-refractivity contribution in [3.63, 3.8) is 0 Å². The third-order valence-corrected chi connectivity index (χ3v) is 2.73. The maximum absolute atomic E-state index is 9.84. The first-order valence-corrected chi connectivity index (χ1v) is 5.86. The van der Waals surface area contributed by atoms with E-state index < -0.39 is 6.10 Å². The molecular weight excluding hydrogens is 308 g/mol. The van der Waals surface area contributed by atoms with E-state index >= 15 is 0 Å². The number of hydrogen-bond acceptors (Lipinski definition) is 1. The van der Waals surface area contributed by atoms with Gasteiger partial charge in [0.15, 0.2) is 0 Å². The zero-order valence-corrected chi connectivity index (χ0v) is 11.1. The van der Waals surface area contributed by atoms with Crippen LogP contribution in [0.4, 0.5) is 0 Å². The lowest BCUT2D eigenvalue weighted by molar-refractivity contribution is 0.178. The van der Waals surface area contributed by atoms with Crippen LogP contribution >= 0.6 is 31.9 Å². The molecule has 0 saturated carbocycles. The third kappa shape index (κ3) is 3.56. The van der Waals surface area contributed by atoms with E-state index in [1.54, 1.807) is 0 Å². The molecule has 0 amide bonds. The van der Waals surface area contributed by atoms with E-state index in [4.69, 9.17) is 0 Å². The lowest BCUT2D eigenvalue weighted by Crippen LogP contribution is -1.97. The molecule has 0 radical (unpaired) electrons. The molecule has 0 heterocycles. The fourth-order valence-corrected chi connectivity index (χ4v) is 2.54. The summed E-state index contributed by atoms with van der Waals surface area (Å²) in [7, 11) is 0. The smallest absolute Gasteiger partial charge is 0.0827 e. The van der Waals surface area contributed by atoms with Gasteiger partial charge in [-0.3, -0.25) is 0 Å². The molecule has 14 heavy (non-hydrogen) atoms. The van der Waals surface area contributed by atoms with Crippen LogP contribution in [0.3, 0.4) is 0 Å². The van der Waals surface area contributed by atoms with Crippen LogP contribution in [-0.4, -0.2) is 5.11 Å². The van der Waals surface area contributed by atoms with E-state index in [0.29, 0.717) is 6.42 Å². The molecule has 1 unspecified atom stereocenters. The molecule has 1 nitrogen and oxygen atoms in total. The Bertz CT molecular complexity index is 327. The Morgan fingerprint density at radius 3 is 2.29 bits per heavy atom. The van der Waals surface area contributed by atoms with Crippen LogP contribution in [0.2, 0.25) is 0 Å². The highest BCUT2D eigenvalue weighted by molar-refractivity contribution is 9.11. The highest BCUT2D eigenvalue weighted by Gasteiger charge is 2.08. The summed E-state index contributed by atoms with van der Waals surface area (Å²) in [6.45, 7) is 5.69. The molecule has 0 aliphatic rings. The van der Waals surface area contributed by atoms with Crippen LogP contribution in [-0.2, 0) is 0 Å². The van der Waals surface area contributed by atoms with Gasteiger partial charge in [0, 0.05) is 8.95 Å². The summed E-state index contributed by atoms with van der Waals surface area (Å²) < 4.78 is 1.92. The summed E-state index contributed by atoms with van der Waals surface area (Å²) in [4.78, 5) is 0. The molecule has 0 spiro atoms. The minimum atomic E-state index is -0.471. The molecule has 76 valence electrons. The molecule has 0 aliphatic heterocycles. The number of halogens is 2. The summed E-state index contributed by atoms with van der Waals surface area (Å²) in [5.74, 6) is 0. The van der Waals surface area contributed by atoms with E-state index in [1.807, 2.05) is 25.1 Å². The van der Waals surface area contributed by atoms with Crippen molar-refractivity contribution in [3.05, 3.63) is 44.9 Å². The first-order chi connectivity index (χ1) is 6.49. The Morgan fingerprint density at radius 1 is 1.36 bits per heavy atom. The minimum absolute atomic E-state index is 0.471. The van der Waals surface area contributed by atoms with Crippen LogP contribution in [0.1, 0.15) is 25.0 Å². The van der Waals surface area contributed by atoms with Crippen molar-refractivity contribution >= 4 is 31.9 Å². The van der Waals surface area contributed by atoms with Crippen molar-refractivity contribution in [2.24, 2.45) is 0 Å². The monoisotopic (exact) mass is 318 g/mol. The van der Waals surface area contributed by atoms with Gasteiger partial charge in [0.1, 0.15) is 0 Å². The Kier molecular flexibility index (Phi) is 4.35. The molecule has 0 aliphatic carbocycles. The second-order valence-corrected chi connectivity index (χ2v) is 5.21. The van der Waals surface area contributed by atoms with Crippen molar-refractivity contribution in [1.82, 2.24) is 0 Å². The van der Waals surface area contributed by atoms with E-state index in [2.05, 4.69) is 38.4 Å². The molecule has 1 aromatic rings. The van der Waals surface area contributed by atoms with E-state index in [1.165, 1.54) is 0 Å². The van der Waals surface area contributed by atoms with Crippen molar-refractivity contribution < 1.29 is 5.11 Å². The van der Waals surface area contributed by atoms with Gasteiger partial charge in [-0.2, -0.15) is 0 Å². The maximum Gasteiger partial charge on any atom is 0.0827 e. The number of aliphatic hydroxyl groups excluding tert-OH is 1. The number of hydrogen-bond donors (Lipinski definition) is 1. The van der Waals surface area contributed by atoms with E-state index in [9.17, 15) is 5.11 Å². The maximum atomic E-state index is 9.84. The van der Waals surface area contributed by atoms with Crippen molar-refractivity contribution in [2.75, 3.05) is 0 Å². The second kappa shape index (κ2) is 5.10. The lowest BCUT2D eigenvalue weighted by Gasteiger charge is -2.11. The molecule has 1 rings (SSSR count). The van der Waals surface area contributed by atoms with E-state index in [0.717, 1.165) is 20.1 Å².